The summed E-state index contributed by atoms with van der Waals surface area (Å²) in [6, 6.07) is 1.86. The Morgan fingerprint density at radius 1 is 1.38 bits per heavy atom. The number of rotatable bonds is 4. The summed E-state index contributed by atoms with van der Waals surface area (Å²) in [4.78, 5) is 0. The summed E-state index contributed by atoms with van der Waals surface area (Å²) in [5, 5.41) is 9.72. The zero-order valence-electron chi connectivity index (χ0n) is 10.0. The van der Waals surface area contributed by atoms with Gasteiger partial charge in [-0.15, -0.1) is 0 Å². The van der Waals surface area contributed by atoms with Gasteiger partial charge in [0.15, 0.2) is 11.5 Å². The first-order chi connectivity index (χ1) is 7.56. The first kappa shape index (κ1) is 13.1. The Balaban J connectivity index is 3.38. The Bertz CT molecular complexity index is 377. The third-order valence-electron chi connectivity index (χ3n) is 2.70. The van der Waals surface area contributed by atoms with E-state index in [4.69, 9.17) is 21.1 Å². The van der Waals surface area contributed by atoms with Crippen molar-refractivity contribution in [3.8, 4) is 11.5 Å². The van der Waals surface area contributed by atoms with E-state index in [1.165, 1.54) is 0 Å². The van der Waals surface area contributed by atoms with Crippen LogP contribution in [0, 0.1) is 6.92 Å². The monoisotopic (exact) mass is 244 g/mol. The molecule has 1 rings (SSSR count). The first-order valence-electron chi connectivity index (χ1n) is 5.08. The van der Waals surface area contributed by atoms with Crippen LogP contribution >= 0.6 is 11.6 Å². The molecule has 1 unspecified atom stereocenters. The van der Waals surface area contributed by atoms with Crippen LogP contribution in [-0.2, 0) is 0 Å². The third kappa shape index (κ3) is 2.25. The van der Waals surface area contributed by atoms with Gasteiger partial charge >= 0.3 is 0 Å². The molecule has 0 aromatic heterocycles. The van der Waals surface area contributed by atoms with Crippen molar-refractivity contribution in [2.45, 2.75) is 19.8 Å². The number of methoxy groups -OCH3 is 2. The number of ether oxygens (including phenoxy) is 2. The highest BCUT2D eigenvalue weighted by Gasteiger charge is 2.18. The number of benzene rings is 1. The molecular weight excluding hydrogens is 228 g/mol. The number of halogens is 1. The molecule has 0 radical (unpaired) electrons. The number of aliphatic hydroxyl groups is 1. The lowest BCUT2D eigenvalue weighted by atomic mass is 9.96. The average Bonchev–Trinajstić information content (AvgIpc) is 2.31. The second-order valence-electron chi connectivity index (χ2n) is 3.72. The molecule has 90 valence electrons. The zero-order valence-corrected chi connectivity index (χ0v) is 10.8. The van der Waals surface area contributed by atoms with Gasteiger partial charge in [0.05, 0.1) is 19.2 Å². The van der Waals surface area contributed by atoms with Gasteiger partial charge in [0, 0.05) is 12.5 Å². The fraction of sp³-hybridized carbons (Fsp3) is 0.500. The SMILES string of the molecule is COc1cc(C(C)CO)c(C)c(Cl)c1OC. The normalized spacial score (nSPS) is 12.4. The smallest absolute Gasteiger partial charge is 0.179 e. The van der Waals surface area contributed by atoms with Crippen LogP contribution in [0.4, 0.5) is 0 Å². The minimum absolute atomic E-state index is 0.0253. The molecule has 0 bridgehead atoms. The van der Waals surface area contributed by atoms with Crippen molar-refractivity contribution >= 4 is 11.6 Å². The van der Waals surface area contributed by atoms with Gasteiger partial charge in [-0.25, -0.2) is 0 Å². The van der Waals surface area contributed by atoms with Crippen LogP contribution in [-0.4, -0.2) is 25.9 Å². The molecule has 0 heterocycles. The van der Waals surface area contributed by atoms with Crippen molar-refractivity contribution in [3.63, 3.8) is 0 Å². The Morgan fingerprint density at radius 3 is 2.44 bits per heavy atom. The van der Waals surface area contributed by atoms with Crippen LogP contribution in [0.15, 0.2) is 6.07 Å². The predicted octanol–water partition coefficient (Wildman–Crippen LogP) is 2.76. The largest absolute Gasteiger partial charge is 0.493 e. The summed E-state index contributed by atoms with van der Waals surface area (Å²) < 4.78 is 10.4. The van der Waals surface area contributed by atoms with Gasteiger partial charge < -0.3 is 14.6 Å². The molecule has 0 saturated heterocycles. The second kappa shape index (κ2) is 5.41. The van der Waals surface area contributed by atoms with E-state index in [0.717, 1.165) is 11.1 Å². The molecular formula is C12H17ClO3. The summed E-state index contributed by atoms with van der Waals surface area (Å²) >= 11 is 6.20. The molecule has 0 aliphatic rings. The predicted molar refractivity (Wildman–Crippen MR) is 64.8 cm³/mol. The van der Waals surface area contributed by atoms with Crippen molar-refractivity contribution in [1.29, 1.82) is 0 Å². The van der Waals surface area contributed by atoms with Crippen molar-refractivity contribution in [2.24, 2.45) is 0 Å². The van der Waals surface area contributed by atoms with Crippen LogP contribution in [0.2, 0.25) is 5.02 Å². The Kier molecular flexibility index (Phi) is 4.44. The molecule has 3 nitrogen and oxygen atoms in total. The zero-order chi connectivity index (χ0) is 12.3. The van der Waals surface area contributed by atoms with Gasteiger partial charge in [0.1, 0.15) is 0 Å². The lowest BCUT2D eigenvalue weighted by molar-refractivity contribution is 0.272. The topological polar surface area (TPSA) is 38.7 Å². The molecule has 4 heteroatoms. The molecule has 1 aromatic carbocycles. The van der Waals surface area contributed by atoms with Crippen molar-refractivity contribution in [1.82, 2.24) is 0 Å². The van der Waals surface area contributed by atoms with Gasteiger partial charge in [-0.3, -0.25) is 0 Å². The van der Waals surface area contributed by atoms with E-state index in [2.05, 4.69) is 0 Å². The minimum atomic E-state index is 0.0253. The average molecular weight is 245 g/mol. The van der Waals surface area contributed by atoms with E-state index in [0.29, 0.717) is 16.5 Å². The fourth-order valence-corrected chi connectivity index (χ4v) is 1.95. The minimum Gasteiger partial charge on any atom is -0.493 e. The van der Waals surface area contributed by atoms with Crippen molar-refractivity contribution in [3.05, 3.63) is 22.2 Å². The molecule has 1 aromatic rings. The summed E-state index contributed by atoms with van der Waals surface area (Å²) in [5.74, 6) is 1.15. The molecule has 16 heavy (non-hydrogen) atoms. The Hall–Kier alpha value is -0.930. The summed E-state index contributed by atoms with van der Waals surface area (Å²) in [6.07, 6.45) is 0. The molecule has 1 atom stereocenters. The van der Waals surface area contributed by atoms with Crippen molar-refractivity contribution in [2.75, 3.05) is 20.8 Å². The van der Waals surface area contributed by atoms with Crippen LogP contribution in [0.1, 0.15) is 24.0 Å². The molecule has 0 aliphatic carbocycles. The lowest BCUT2D eigenvalue weighted by Gasteiger charge is -2.18. The van der Waals surface area contributed by atoms with Gasteiger partial charge in [-0.05, 0) is 24.1 Å². The summed E-state index contributed by atoms with van der Waals surface area (Å²) in [5.41, 5.74) is 1.89. The number of aliphatic hydroxyl groups excluding tert-OH is 1. The molecule has 0 spiro atoms. The molecule has 1 N–H and O–H groups in total. The van der Waals surface area contributed by atoms with E-state index in [-0.39, 0.29) is 12.5 Å². The second-order valence-corrected chi connectivity index (χ2v) is 4.10. The van der Waals surface area contributed by atoms with Gasteiger partial charge in [-0.2, -0.15) is 0 Å². The maximum atomic E-state index is 9.18. The van der Waals surface area contributed by atoms with E-state index in [1.54, 1.807) is 14.2 Å². The van der Waals surface area contributed by atoms with Gasteiger partial charge in [0.25, 0.3) is 0 Å². The van der Waals surface area contributed by atoms with Crippen LogP contribution in [0.25, 0.3) is 0 Å². The van der Waals surface area contributed by atoms with Crippen LogP contribution in [0.3, 0.4) is 0 Å². The molecule has 0 amide bonds. The standard InChI is InChI=1S/C12H17ClO3/c1-7(6-14)9-5-10(15-3)12(16-4)11(13)8(9)2/h5,7,14H,6H2,1-4H3. The van der Waals surface area contributed by atoms with E-state index in [9.17, 15) is 5.11 Å². The van der Waals surface area contributed by atoms with Crippen LogP contribution < -0.4 is 9.47 Å². The molecule has 0 saturated carbocycles. The Labute approximate surface area is 101 Å². The number of hydrogen-bond donors (Lipinski definition) is 1. The lowest BCUT2D eigenvalue weighted by Crippen LogP contribution is -2.04. The van der Waals surface area contributed by atoms with E-state index in [1.807, 2.05) is 19.9 Å². The van der Waals surface area contributed by atoms with Crippen LogP contribution in [0.5, 0.6) is 11.5 Å². The van der Waals surface area contributed by atoms with Crippen molar-refractivity contribution < 1.29 is 14.6 Å². The quantitative estimate of drug-likeness (QED) is 0.885. The Morgan fingerprint density at radius 2 is 2.00 bits per heavy atom. The van der Waals surface area contributed by atoms with Gasteiger partial charge in [0.2, 0.25) is 0 Å². The van der Waals surface area contributed by atoms with E-state index < -0.39 is 0 Å². The first-order valence-corrected chi connectivity index (χ1v) is 5.46. The molecule has 0 fully saturated rings. The maximum absolute atomic E-state index is 9.18. The highest BCUT2D eigenvalue weighted by molar-refractivity contribution is 6.33. The fourth-order valence-electron chi connectivity index (χ4n) is 1.67. The summed E-state index contributed by atoms with van der Waals surface area (Å²) in [7, 11) is 3.12. The maximum Gasteiger partial charge on any atom is 0.179 e. The molecule has 0 aliphatic heterocycles. The highest BCUT2D eigenvalue weighted by Crippen LogP contribution is 2.41. The van der Waals surface area contributed by atoms with Gasteiger partial charge in [-0.1, -0.05) is 18.5 Å². The van der Waals surface area contributed by atoms with E-state index >= 15 is 0 Å². The summed E-state index contributed by atoms with van der Waals surface area (Å²) in [6.45, 7) is 3.92. The number of hydrogen-bond acceptors (Lipinski definition) is 3. The highest BCUT2D eigenvalue weighted by atomic mass is 35.5. The third-order valence-corrected chi connectivity index (χ3v) is 3.16.